The zero-order chi connectivity index (χ0) is 14.8. The molecule has 3 rings (SSSR count). The van der Waals surface area contributed by atoms with Gasteiger partial charge in [-0.1, -0.05) is 11.6 Å². The molecular weight excluding hydrogens is 394 g/mol. The molecule has 0 spiro atoms. The average molecular weight is 403 g/mol. The van der Waals surface area contributed by atoms with Crippen LogP contribution in [0.5, 0.6) is 0 Å². The van der Waals surface area contributed by atoms with E-state index >= 15 is 0 Å². The van der Waals surface area contributed by atoms with Gasteiger partial charge >= 0.3 is 0 Å². The Morgan fingerprint density at radius 1 is 1.29 bits per heavy atom. The van der Waals surface area contributed by atoms with E-state index in [-0.39, 0.29) is 0 Å². The molecular formula is C13H9BrClN3OS2. The number of halogens is 2. The Bertz CT molecular complexity index is 774. The molecule has 0 saturated carbocycles. The van der Waals surface area contributed by atoms with Crippen molar-refractivity contribution in [3.8, 4) is 10.8 Å². The zero-order valence-corrected chi connectivity index (χ0v) is 14.5. The molecule has 21 heavy (non-hydrogen) atoms. The summed E-state index contributed by atoms with van der Waals surface area (Å²) in [7, 11) is 0. The maximum absolute atomic E-state index is 6.12. The van der Waals surface area contributed by atoms with Gasteiger partial charge in [0.2, 0.25) is 5.89 Å². The lowest BCUT2D eigenvalue weighted by Crippen LogP contribution is -1.86. The number of thiophene rings is 1. The van der Waals surface area contributed by atoms with Crippen molar-refractivity contribution in [2.75, 3.05) is 5.73 Å². The Balaban J connectivity index is 1.71. The molecule has 2 N–H and O–H groups in total. The van der Waals surface area contributed by atoms with Gasteiger partial charge in [-0.2, -0.15) is 0 Å². The van der Waals surface area contributed by atoms with E-state index in [1.807, 2.05) is 18.2 Å². The van der Waals surface area contributed by atoms with Crippen LogP contribution in [0.1, 0.15) is 5.89 Å². The molecule has 0 aliphatic rings. The maximum atomic E-state index is 6.12. The van der Waals surface area contributed by atoms with E-state index in [0.717, 1.165) is 13.6 Å². The minimum atomic E-state index is 0.528. The zero-order valence-electron chi connectivity index (χ0n) is 10.5. The summed E-state index contributed by atoms with van der Waals surface area (Å²) in [4.78, 5) is 1.84. The van der Waals surface area contributed by atoms with Gasteiger partial charge < -0.3 is 10.2 Å². The number of nitrogens with zero attached hydrogens (tertiary/aromatic N) is 2. The van der Waals surface area contributed by atoms with Crippen molar-refractivity contribution < 1.29 is 4.42 Å². The van der Waals surface area contributed by atoms with Gasteiger partial charge in [-0.3, -0.25) is 0 Å². The number of hydrogen-bond donors (Lipinski definition) is 1. The van der Waals surface area contributed by atoms with Gasteiger partial charge in [0.25, 0.3) is 5.89 Å². The average Bonchev–Trinajstić information content (AvgIpc) is 3.08. The number of benzene rings is 1. The fraction of sp³-hybridized carbons (Fsp3) is 0.0769. The van der Waals surface area contributed by atoms with Crippen LogP contribution in [-0.2, 0) is 5.75 Å². The van der Waals surface area contributed by atoms with Crippen LogP contribution < -0.4 is 5.73 Å². The summed E-state index contributed by atoms with van der Waals surface area (Å²) in [6.07, 6.45) is 0. The molecule has 0 fully saturated rings. The van der Waals surface area contributed by atoms with Crippen LogP contribution >= 0.6 is 50.6 Å². The Labute approximate surface area is 142 Å². The highest BCUT2D eigenvalue weighted by atomic mass is 79.9. The van der Waals surface area contributed by atoms with Gasteiger partial charge in [0.05, 0.1) is 19.4 Å². The monoisotopic (exact) mass is 401 g/mol. The second-order valence-electron chi connectivity index (χ2n) is 4.08. The number of rotatable bonds is 4. The molecule has 0 saturated heterocycles. The first kappa shape index (κ1) is 14.9. The second kappa shape index (κ2) is 6.39. The molecule has 0 atom stereocenters. The van der Waals surface area contributed by atoms with E-state index in [2.05, 4.69) is 26.1 Å². The smallest absolute Gasteiger partial charge is 0.257 e. The third-order valence-corrected chi connectivity index (χ3v) is 5.65. The van der Waals surface area contributed by atoms with Crippen molar-refractivity contribution >= 4 is 56.3 Å². The van der Waals surface area contributed by atoms with E-state index < -0.39 is 0 Å². The molecule has 3 aromatic rings. The van der Waals surface area contributed by atoms with Crippen LogP contribution in [0.2, 0.25) is 5.02 Å². The molecule has 2 aromatic heterocycles. The van der Waals surface area contributed by atoms with Gasteiger partial charge in [-0.15, -0.1) is 33.3 Å². The van der Waals surface area contributed by atoms with E-state index in [1.165, 1.54) is 11.8 Å². The standard InChI is InChI=1S/C13H9BrClN3OS2/c14-11-4-3-9(21-11)13-18-17-12(19-13)6-20-10-5-7(16)1-2-8(10)15/h1-5H,6,16H2. The number of anilines is 1. The van der Waals surface area contributed by atoms with Gasteiger partial charge in [0, 0.05) is 10.6 Å². The van der Waals surface area contributed by atoms with Crippen LogP contribution in [0.25, 0.3) is 10.8 Å². The van der Waals surface area contributed by atoms with Crippen molar-refractivity contribution in [3.05, 3.63) is 45.0 Å². The number of aromatic nitrogens is 2. The molecule has 8 heteroatoms. The lowest BCUT2D eigenvalue weighted by molar-refractivity contribution is 0.529. The van der Waals surface area contributed by atoms with E-state index in [9.17, 15) is 0 Å². The van der Waals surface area contributed by atoms with E-state index in [0.29, 0.717) is 28.2 Å². The van der Waals surface area contributed by atoms with Gasteiger partial charge in [0.1, 0.15) is 0 Å². The molecule has 0 amide bonds. The molecule has 0 radical (unpaired) electrons. The largest absolute Gasteiger partial charge is 0.419 e. The molecule has 1 aromatic carbocycles. The van der Waals surface area contributed by atoms with Crippen molar-refractivity contribution in [3.63, 3.8) is 0 Å². The van der Waals surface area contributed by atoms with E-state index in [4.69, 9.17) is 21.8 Å². The third kappa shape index (κ3) is 3.60. The number of thioether (sulfide) groups is 1. The van der Waals surface area contributed by atoms with Crippen molar-refractivity contribution in [2.24, 2.45) is 0 Å². The van der Waals surface area contributed by atoms with Crippen molar-refractivity contribution in [1.82, 2.24) is 10.2 Å². The number of nitrogens with two attached hydrogens (primary N) is 1. The minimum absolute atomic E-state index is 0.528. The van der Waals surface area contributed by atoms with Gasteiger partial charge in [0.15, 0.2) is 0 Å². The lowest BCUT2D eigenvalue weighted by Gasteiger charge is -2.02. The second-order valence-corrected chi connectivity index (χ2v) is 7.97. The van der Waals surface area contributed by atoms with Crippen molar-refractivity contribution in [1.29, 1.82) is 0 Å². The summed E-state index contributed by atoms with van der Waals surface area (Å²) in [5, 5.41) is 8.77. The highest BCUT2D eigenvalue weighted by Gasteiger charge is 2.11. The lowest BCUT2D eigenvalue weighted by atomic mass is 10.3. The van der Waals surface area contributed by atoms with Crippen LogP contribution in [-0.4, -0.2) is 10.2 Å². The predicted molar refractivity (Wildman–Crippen MR) is 90.7 cm³/mol. The van der Waals surface area contributed by atoms with Gasteiger partial charge in [-0.05, 0) is 46.3 Å². The van der Waals surface area contributed by atoms with E-state index in [1.54, 1.807) is 23.5 Å². The Kier molecular flexibility index (Phi) is 4.54. The topological polar surface area (TPSA) is 64.9 Å². The SMILES string of the molecule is Nc1ccc(Cl)c(SCc2nnc(-c3ccc(Br)s3)o2)c1. The predicted octanol–water partition coefficient (Wildman–Crippen LogP) is 5.09. The molecule has 0 unspecified atom stereocenters. The molecule has 0 bridgehead atoms. The number of nitrogen functional groups attached to an aromatic ring is 1. The quantitative estimate of drug-likeness (QED) is 0.486. The molecule has 2 heterocycles. The first-order chi connectivity index (χ1) is 10.1. The Morgan fingerprint density at radius 2 is 2.14 bits per heavy atom. The summed E-state index contributed by atoms with van der Waals surface area (Å²) in [6, 6.07) is 9.27. The molecule has 0 aliphatic heterocycles. The normalized spacial score (nSPS) is 11.0. The fourth-order valence-electron chi connectivity index (χ4n) is 1.61. The molecule has 4 nitrogen and oxygen atoms in total. The van der Waals surface area contributed by atoms with Crippen molar-refractivity contribution in [2.45, 2.75) is 10.6 Å². The summed E-state index contributed by atoms with van der Waals surface area (Å²) >= 11 is 12.6. The Morgan fingerprint density at radius 3 is 2.90 bits per heavy atom. The Hall–Kier alpha value is -1.02. The third-order valence-electron chi connectivity index (χ3n) is 2.56. The summed E-state index contributed by atoms with van der Waals surface area (Å²) in [6.45, 7) is 0. The minimum Gasteiger partial charge on any atom is -0.419 e. The maximum Gasteiger partial charge on any atom is 0.257 e. The highest BCUT2D eigenvalue weighted by Crippen LogP contribution is 2.33. The summed E-state index contributed by atoms with van der Waals surface area (Å²) in [5.74, 6) is 1.63. The molecule has 0 aliphatic carbocycles. The van der Waals surface area contributed by atoms with Crippen LogP contribution in [0.4, 0.5) is 5.69 Å². The van der Waals surface area contributed by atoms with Gasteiger partial charge in [-0.25, -0.2) is 0 Å². The summed E-state index contributed by atoms with van der Waals surface area (Å²) in [5.41, 5.74) is 6.43. The van der Waals surface area contributed by atoms with Crippen LogP contribution in [0.15, 0.2) is 43.4 Å². The van der Waals surface area contributed by atoms with Crippen LogP contribution in [0, 0.1) is 0 Å². The molecule has 108 valence electrons. The van der Waals surface area contributed by atoms with Crippen LogP contribution in [0.3, 0.4) is 0 Å². The highest BCUT2D eigenvalue weighted by molar-refractivity contribution is 9.11. The first-order valence-electron chi connectivity index (χ1n) is 5.88. The fourth-order valence-corrected chi connectivity index (χ4v) is 4.02. The summed E-state index contributed by atoms with van der Waals surface area (Å²) < 4.78 is 6.67. The first-order valence-corrected chi connectivity index (χ1v) is 8.85. The number of hydrogen-bond acceptors (Lipinski definition) is 6.